The molecule has 9 nitrogen and oxygen atoms in total. The Morgan fingerprint density at radius 1 is 0.750 bits per heavy atom. The van der Waals surface area contributed by atoms with Crippen LogP contribution in [0.3, 0.4) is 0 Å². The fourth-order valence-electron chi connectivity index (χ4n) is 4.25. The minimum absolute atomic E-state index is 0.202. The van der Waals surface area contributed by atoms with Gasteiger partial charge in [-0.15, -0.1) is 0 Å². The van der Waals surface area contributed by atoms with Crippen LogP contribution >= 0.6 is 15.9 Å². The van der Waals surface area contributed by atoms with Gasteiger partial charge in [0.1, 0.15) is 23.8 Å². The highest BCUT2D eigenvalue weighted by Gasteiger charge is 2.50. The predicted molar refractivity (Wildman–Crippen MR) is 138 cm³/mol. The van der Waals surface area contributed by atoms with Gasteiger partial charge in [-0.1, -0.05) is 87.1 Å². The number of alkyl halides is 1. The molecular weight excluding hydrogens is 534 g/mol. The summed E-state index contributed by atoms with van der Waals surface area (Å²) in [5.41, 5.74) is 0. The van der Waals surface area contributed by atoms with Crippen molar-refractivity contribution in [3.05, 3.63) is 0 Å². The first-order valence-corrected chi connectivity index (χ1v) is 14.1. The van der Waals surface area contributed by atoms with E-state index in [0.717, 1.165) is 19.3 Å². The molecule has 1 amide bonds. The number of carbonyl (C=O) groups is 4. The predicted octanol–water partition coefficient (Wildman–Crippen LogP) is 4.72. The molecule has 1 aliphatic heterocycles. The quantitative estimate of drug-likeness (QED) is 0.114. The zero-order valence-electron chi connectivity index (χ0n) is 22.2. The number of rotatable bonds is 17. The van der Waals surface area contributed by atoms with Crippen LogP contribution in [0, 0.1) is 0 Å². The van der Waals surface area contributed by atoms with E-state index in [1.807, 2.05) is 0 Å². The van der Waals surface area contributed by atoms with Crippen molar-refractivity contribution in [2.24, 2.45) is 0 Å². The Balaban J connectivity index is 2.56. The first-order valence-electron chi connectivity index (χ1n) is 13.2. The van der Waals surface area contributed by atoms with Crippen LogP contribution in [0.2, 0.25) is 0 Å². The van der Waals surface area contributed by atoms with Gasteiger partial charge in [-0.05, 0) is 6.42 Å². The van der Waals surface area contributed by atoms with Crippen LogP contribution in [0.1, 0.15) is 105 Å². The Morgan fingerprint density at radius 3 is 1.75 bits per heavy atom. The first-order chi connectivity index (χ1) is 17.1. The summed E-state index contributed by atoms with van der Waals surface area (Å²) in [4.78, 5) is 47.5. The van der Waals surface area contributed by atoms with Crippen LogP contribution in [-0.4, -0.2) is 59.8 Å². The van der Waals surface area contributed by atoms with Crippen LogP contribution in [0.25, 0.3) is 0 Å². The lowest BCUT2D eigenvalue weighted by molar-refractivity contribution is -0.211. The molecule has 1 heterocycles. The number of halogens is 1. The van der Waals surface area contributed by atoms with Gasteiger partial charge in [-0.25, -0.2) is 0 Å². The maximum absolute atomic E-state index is 12.7. The van der Waals surface area contributed by atoms with E-state index >= 15 is 0 Å². The van der Waals surface area contributed by atoms with E-state index < -0.39 is 47.3 Å². The Hall–Kier alpha value is -1.68. The third-order valence-corrected chi connectivity index (χ3v) is 6.81. The van der Waals surface area contributed by atoms with Crippen molar-refractivity contribution in [1.82, 2.24) is 5.32 Å². The normalized spacial score (nSPS) is 23.5. The third-order valence-electron chi connectivity index (χ3n) is 6.02. The zero-order valence-corrected chi connectivity index (χ0v) is 23.8. The molecule has 1 fully saturated rings. The van der Waals surface area contributed by atoms with Gasteiger partial charge in [0.2, 0.25) is 5.91 Å². The van der Waals surface area contributed by atoms with Crippen molar-refractivity contribution >= 4 is 39.7 Å². The average Bonchev–Trinajstić information content (AvgIpc) is 2.79. The second kappa shape index (κ2) is 18.5. The summed E-state index contributed by atoms with van der Waals surface area (Å²) >= 11 is 3.38. The largest absolute Gasteiger partial charge is 0.463 e. The highest BCUT2D eigenvalue weighted by atomic mass is 79.9. The fourth-order valence-corrected chi connectivity index (χ4v) is 4.96. The van der Waals surface area contributed by atoms with Crippen LogP contribution in [0.4, 0.5) is 0 Å². The maximum Gasteiger partial charge on any atom is 0.303 e. The lowest BCUT2D eigenvalue weighted by Crippen LogP contribution is -2.64. The monoisotopic (exact) mass is 577 g/mol. The Kier molecular flexibility index (Phi) is 16.7. The van der Waals surface area contributed by atoms with E-state index in [9.17, 15) is 19.2 Å². The SMILES string of the molecule is CCCCCCCCCCCCCC(=O)N[C@H]1C(Br)O[C@H](COC(C)=O)[C@@H](OC(C)=O)[C@@H]1OC(C)=O. The van der Waals surface area contributed by atoms with Gasteiger partial charge in [0.25, 0.3) is 0 Å². The van der Waals surface area contributed by atoms with E-state index in [4.69, 9.17) is 18.9 Å². The van der Waals surface area contributed by atoms with Gasteiger partial charge >= 0.3 is 17.9 Å². The second-order valence-electron chi connectivity index (χ2n) is 9.36. The molecule has 1 unspecified atom stereocenters. The molecule has 0 spiro atoms. The van der Waals surface area contributed by atoms with Gasteiger partial charge < -0.3 is 24.3 Å². The van der Waals surface area contributed by atoms with Crippen molar-refractivity contribution < 1.29 is 38.1 Å². The number of hydrogen-bond donors (Lipinski definition) is 1. The Labute approximate surface area is 223 Å². The number of hydrogen-bond acceptors (Lipinski definition) is 8. The number of nitrogens with one attached hydrogen (secondary N) is 1. The number of amides is 1. The molecule has 1 N–H and O–H groups in total. The summed E-state index contributed by atoms with van der Waals surface area (Å²) < 4.78 is 21.7. The summed E-state index contributed by atoms with van der Waals surface area (Å²) in [5, 5.41) is 2.11. The minimum atomic E-state index is -1.06. The minimum Gasteiger partial charge on any atom is -0.463 e. The number of esters is 3. The molecule has 10 heteroatoms. The highest BCUT2D eigenvalue weighted by molar-refractivity contribution is 9.09. The van der Waals surface area contributed by atoms with Crippen molar-refractivity contribution in [3.63, 3.8) is 0 Å². The summed E-state index contributed by atoms with van der Waals surface area (Å²) in [6.45, 7) is 5.72. The molecule has 208 valence electrons. The molecule has 0 radical (unpaired) electrons. The van der Waals surface area contributed by atoms with Crippen molar-refractivity contribution in [2.75, 3.05) is 6.61 Å². The Morgan fingerprint density at radius 2 is 1.25 bits per heavy atom. The lowest BCUT2D eigenvalue weighted by Gasteiger charge is -2.43. The molecule has 0 aliphatic carbocycles. The topological polar surface area (TPSA) is 117 Å². The van der Waals surface area contributed by atoms with Crippen LogP contribution in [0.15, 0.2) is 0 Å². The van der Waals surface area contributed by atoms with Gasteiger partial charge in [-0.3, -0.25) is 19.2 Å². The smallest absolute Gasteiger partial charge is 0.303 e. The zero-order chi connectivity index (χ0) is 26.9. The maximum atomic E-state index is 12.7. The van der Waals surface area contributed by atoms with Crippen molar-refractivity contribution in [1.29, 1.82) is 0 Å². The van der Waals surface area contributed by atoms with Gasteiger partial charge in [0, 0.05) is 27.2 Å². The molecule has 0 aromatic carbocycles. The van der Waals surface area contributed by atoms with Crippen LogP contribution < -0.4 is 5.32 Å². The fraction of sp³-hybridized carbons (Fsp3) is 0.846. The molecule has 0 saturated carbocycles. The summed E-state index contributed by atoms with van der Waals surface area (Å²) in [5.74, 6) is -1.96. The standard InChI is InChI=1S/C26H44BrNO8/c1-5-6-7-8-9-10-11-12-13-14-15-16-22(32)28-23-25(35-20(4)31)24(34-19(3)30)21(36-26(23)27)17-33-18(2)29/h21,23-26H,5-17H2,1-4H3,(H,28,32)/t21-,23-,24-,25-,26?/m1/s1. The molecule has 36 heavy (non-hydrogen) atoms. The third kappa shape index (κ3) is 13.6. The molecule has 1 aliphatic rings. The van der Waals surface area contributed by atoms with Crippen molar-refractivity contribution in [3.8, 4) is 0 Å². The van der Waals surface area contributed by atoms with E-state index in [-0.39, 0.29) is 12.5 Å². The Bertz CT molecular complexity index is 689. The highest BCUT2D eigenvalue weighted by Crippen LogP contribution is 2.30. The average molecular weight is 579 g/mol. The molecular formula is C26H44BrNO8. The number of ether oxygens (including phenoxy) is 4. The molecule has 0 aromatic rings. The summed E-state index contributed by atoms with van der Waals surface area (Å²) in [6, 6.07) is -0.799. The number of unbranched alkanes of at least 4 members (excludes halogenated alkanes) is 10. The van der Waals surface area contributed by atoms with Gasteiger partial charge in [0.15, 0.2) is 12.2 Å². The molecule has 0 bridgehead atoms. The molecule has 5 atom stereocenters. The lowest BCUT2D eigenvalue weighted by atomic mass is 9.97. The number of carbonyl (C=O) groups excluding carboxylic acids is 4. The first kappa shape index (κ1) is 32.3. The van der Waals surface area contributed by atoms with Crippen molar-refractivity contribution in [2.45, 2.75) is 134 Å². The van der Waals surface area contributed by atoms with E-state index in [0.29, 0.717) is 6.42 Å². The van der Waals surface area contributed by atoms with Gasteiger partial charge in [-0.2, -0.15) is 0 Å². The molecule has 1 saturated heterocycles. The van der Waals surface area contributed by atoms with E-state index in [1.165, 1.54) is 72.1 Å². The van der Waals surface area contributed by atoms with E-state index in [1.54, 1.807) is 0 Å². The summed E-state index contributed by atoms with van der Waals surface area (Å²) in [7, 11) is 0. The summed E-state index contributed by atoms with van der Waals surface area (Å²) in [6.07, 6.45) is 10.4. The van der Waals surface area contributed by atoms with Gasteiger partial charge in [0.05, 0.1) is 0 Å². The molecule has 1 rings (SSSR count). The molecule has 0 aromatic heterocycles. The van der Waals surface area contributed by atoms with Crippen LogP contribution in [-0.2, 0) is 38.1 Å². The van der Waals surface area contributed by atoms with Crippen LogP contribution in [0.5, 0.6) is 0 Å². The second-order valence-corrected chi connectivity index (χ2v) is 10.3. The van der Waals surface area contributed by atoms with E-state index in [2.05, 4.69) is 28.2 Å².